The molecule has 170 valence electrons. The Kier molecular flexibility index (Phi) is 6.99. The fourth-order valence-electron chi connectivity index (χ4n) is 4.99. The van der Waals surface area contributed by atoms with Gasteiger partial charge in [0.25, 0.3) is 5.91 Å². The summed E-state index contributed by atoms with van der Waals surface area (Å²) in [5, 5.41) is 14.5. The monoisotopic (exact) mass is 454 g/mol. The first kappa shape index (κ1) is 23.0. The summed E-state index contributed by atoms with van der Waals surface area (Å²) >= 11 is 5.97. The Morgan fingerprint density at radius 2 is 1.81 bits per heavy atom. The number of aliphatic hydroxyl groups is 1. The van der Waals surface area contributed by atoms with Gasteiger partial charge in [0.15, 0.2) is 5.78 Å². The van der Waals surface area contributed by atoms with Gasteiger partial charge in [-0.15, -0.1) is 0 Å². The van der Waals surface area contributed by atoms with Gasteiger partial charge < -0.3 is 10.4 Å². The lowest BCUT2D eigenvalue weighted by Crippen LogP contribution is -2.54. The van der Waals surface area contributed by atoms with Crippen molar-refractivity contribution >= 4 is 23.3 Å². The molecule has 2 aromatic carbocycles. The molecule has 2 aliphatic rings. The highest BCUT2D eigenvalue weighted by atomic mass is 35.5. The number of ketones is 1. The van der Waals surface area contributed by atoms with Gasteiger partial charge >= 0.3 is 0 Å². The number of amides is 1. The fraction of sp³-hybridized carbons (Fsp3) is 0.462. The normalized spacial score (nSPS) is 24.0. The van der Waals surface area contributed by atoms with Crippen molar-refractivity contribution in [3.8, 4) is 0 Å². The molecule has 5 nitrogen and oxygen atoms in total. The summed E-state index contributed by atoms with van der Waals surface area (Å²) in [5.74, 6) is 0.236. The van der Waals surface area contributed by atoms with Gasteiger partial charge in [0.05, 0.1) is 12.1 Å². The van der Waals surface area contributed by atoms with E-state index in [0.717, 1.165) is 49.9 Å². The van der Waals surface area contributed by atoms with Crippen LogP contribution in [0.4, 0.5) is 0 Å². The van der Waals surface area contributed by atoms with Crippen LogP contribution < -0.4 is 5.32 Å². The van der Waals surface area contributed by atoms with E-state index < -0.39 is 5.60 Å². The second-order valence-electron chi connectivity index (χ2n) is 9.38. The zero-order valence-electron chi connectivity index (χ0n) is 18.5. The quantitative estimate of drug-likeness (QED) is 0.660. The van der Waals surface area contributed by atoms with Gasteiger partial charge in [0.2, 0.25) is 0 Å². The van der Waals surface area contributed by atoms with Gasteiger partial charge in [-0.25, -0.2) is 0 Å². The number of halogens is 1. The molecule has 0 spiro atoms. The van der Waals surface area contributed by atoms with Crippen molar-refractivity contribution in [2.75, 3.05) is 19.6 Å². The highest BCUT2D eigenvalue weighted by Crippen LogP contribution is 2.40. The van der Waals surface area contributed by atoms with E-state index in [1.54, 1.807) is 6.07 Å². The van der Waals surface area contributed by atoms with Gasteiger partial charge in [0, 0.05) is 36.1 Å². The van der Waals surface area contributed by atoms with Crippen LogP contribution >= 0.6 is 11.6 Å². The average Bonchev–Trinajstić information content (AvgIpc) is 2.75. The Bertz CT molecular complexity index is 961. The van der Waals surface area contributed by atoms with E-state index >= 15 is 0 Å². The molecule has 1 saturated heterocycles. The molecule has 0 atom stereocenters. The van der Waals surface area contributed by atoms with Gasteiger partial charge in [-0.2, -0.15) is 0 Å². The van der Waals surface area contributed by atoms with Gasteiger partial charge in [0.1, 0.15) is 0 Å². The molecule has 1 aliphatic heterocycles. The molecule has 1 heterocycles. The molecular weight excluding hydrogens is 424 g/mol. The number of nitrogens with one attached hydrogen (secondary N) is 1. The number of hydrogen-bond acceptors (Lipinski definition) is 4. The summed E-state index contributed by atoms with van der Waals surface area (Å²) in [4.78, 5) is 27.0. The number of likely N-dealkylation sites (tertiary alicyclic amines) is 1. The topological polar surface area (TPSA) is 69.6 Å². The van der Waals surface area contributed by atoms with Gasteiger partial charge in [-0.1, -0.05) is 41.4 Å². The molecule has 2 N–H and O–H groups in total. The Hall–Kier alpha value is -2.21. The van der Waals surface area contributed by atoms with Gasteiger partial charge in [-0.3, -0.25) is 14.5 Å². The van der Waals surface area contributed by atoms with E-state index in [-0.39, 0.29) is 18.2 Å². The summed E-state index contributed by atoms with van der Waals surface area (Å²) in [6.45, 7) is 3.86. The molecule has 0 aromatic heterocycles. The predicted octanol–water partition coefficient (Wildman–Crippen LogP) is 4.10. The van der Waals surface area contributed by atoms with Crippen LogP contribution in [0.5, 0.6) is 0 Å². The number of carbonyl (C=O) groups excluding carboxylic acids is 2. The van der Waals surface area contributed by atoms with E-state index in [2.05, 4.69) is 10.2 Å². The Balaban J connectivity index is 1.17. The van der Waals surface area contributed by atoms with Crippen molar-refractivity contribution in [3.05, 3.63) is 70.2 Å². The maximum Gasteiger partial charge on any atom is 0.251 e. The molecule has 0 bridgehead atoms. The summed E-state index contributed by atoms with van der Waals surface area (Å²) in [6.07, 6.45) is 3.89. The first-order valence-electron chi connectivity index (χ1n) is 11.4. The van der Waals surface area contributed by atoms with Crippen molar-refractivity contribution in [2.24, 2.45) is 5.92 Å². The lowest BCUT2D eigenvalue weighted by Gasteiger charge is -2.48. The molecule has 1 saturated carbocycles. The van der Waals surface area contributed by atoms with Crippen LogP contribution in [0.15, 0.2) is 48.5 Å². The lowest BCUT2D eigenvalue weighted by atomic mass is 9.76. The van der Waals surface area contributed by atoms with Gasteiger partial charge in [-0.05, 0) is 68.4 Å². The zero-order valence-corrected chi connectivity index (χ0v) is 19.3. The molecule has 6 heteroatoms. The summed E-state index contributed by atoms with van der Waals surface area (Å²) in [5.41, 5.74) is 1.79. The molecule has 2 fully saturated rings. The van der Waals surface area contributed by atoms with E-state index in [1.165, 1.54) is 0 Å². The third kappa shape index (κ3) is 5.40. The third-order valence-electron chi connectivity index (χ3n) is 6.91. The predicted molar refractivity (Wildman–Crippen MR) is 126 cm³/mol. The van der Waals surface area contributed by atoms with Crippen molar-refractivity contribution in [3.63, 3.8) is 0 Å². The molecule has 4 rings (SSSR count). The van der Waals surface area contributed by atoms with E-state index in [1.807, 2.05) is 49.4 Å². The highest BCUT2D eigenvalue weighted by molar-refractivity contribution is 6.30. The van der Waals surface area contributed by atoms with Crippen molar-refractivity contribution in [1.82, 2.24) is 10.2 Å². The van der Waals surface area contributed by atoms with Crippen LogP contribution in [0.1, 0.15) is 53.6 Å². The average molecular weight is 455 g/mol. The standard InChI is InChI=1S/C26H31ClN2O3/c1-18-3-2-4-20(13-18)25(31)28-15-24(30)14-19-16-29(17-19)23-9-11-26(32,12-10-23)21-5-7-22(27)8-6-21/h2-8,13,19,23,32H,9-12,14-17H2,1H3,(H,28,31). The summed E-state index contributed by atoms with van der Waals surface area (Å²) in [7, 11) is 0. The van der Waals surface area contributed by atoms with Crippen LogP contribution in [-0.4, -0.2) is 47.4 Å². The number of nitrogens with zero attached hydrogens (tertiary/aromatic N) is 1. The smallest absolute Gasteiger partial charge is 0.251 e. The number of Topliss-reactive ketones (excluding diaryl/α,β-unsaturated/α-hetero) is 1. The van der Waals surface area contributed by atoms with Crippen LogP contribution in [-0.2, 0) is 10.4 Å². The minimum Gasteiger partial charge on any atom is -0.385 e. The van der Waals surface area contributed by atoms with E-state index in [0.29, 0.717) is 29.0 Å². The second-order valence-corrected chi connectivity index (χ2v) is 9.82. The number of hydrogen-bond donors (Lipinski definition) is 2. The summed E-state index contributed by atoms with van der Waals surface area (Å²) in [6, 6.07) is 15.3. The summed E-state index contributed by atoms with van der Waals surface area (Å²) < 4.78 is 0. The van der Waals surface area contributed by atoms with E-state index in [9.17, 15) is 14.7 Å². The second kappa shape index (κ2) is 9.74. The molecule has 2 aromatic rings. The number of carbonyl (C=O) groups is 2. The number of rotatable bonds is 7. The largest absolute Gasteiger partial charge is 0.385 e. The molecular formula is C26H31ClN2O3. The minimum atomic E-state index is -0.767. The first-order valence-corrected chi connectivity index (χ1v) is 11.8. The third-order valence-corrected chi connectivity index (χ3v) is 7.16. The zero-order chi connectivity index (χ0) is 22.7. The Labute approximate surface area is 194 Å². The molecule has 32 heavy (non-hydrogen) atoms. The molecule has 1 aliphatic carbocycles. The minimum absolute atomic E-state index is 0.0800. The fourth-order valence-corrected chi connectivity index (χ4v) is 5.12. The highest BCUT2D eigenvalue weighted by Gasteiger charge is 2.40. The van der Waals surface area contributed by atoms with Crippen LogP contribution in [0.3, 0.4) is 0 Å². The van der Waals surface area contributed by atoms with Crippen molar-refractivity contribution < 1.29 is 14.7 Å². The maximum absolute atomic E-state index is 12.3. The Morgan fingerprint density at radius 1 is 1.12 bits per heavy atom. The van der Waals surface area contributed by atoms with Crippen molar-refractivity contribution in [1.29, 1.82) is 0 Å². The van der Waals surface area contributed by atoms with E-state index in [4.69, 9.17) is 11.6 Å². The van der Waals surface area contributed by atoms with Crippen LogP contribution in [0.2, 0.25) is 5.02 Å². The SMILES string of the molecule is Cc1cccc(C(=O)NCC(=O)CC2CN(C3CCC(O)(c4ccc(Cl)cc4)CC3)C2)c1. The number of aryl methyl sites for hydroxylation is 1. The Morgan fingerprint density at radius 3 is 2.47 bits per heavy atom. The molecule has 0 unspecified atom stereocenters. The maximum atomic E-state index is 12.3. The van der Waals surface area contributed by atoms with Crippen LogP contribution in [0, 0.1) is 12.8 Å². The molecule has 1 amide bonds. The first-order chi connectivity index (χ1) is 15.3. The number of benzene rings is 2. The van der Waals surface area contributed by atoms with Crippen molar-refractivity contribution in [2.45, 2.75) is 50.7 Å². The lowest BCUT2D eigenvalue weighted by molar-refractivity contribution is -0.121. The van der Waals surface area contributed by atoms with Crippen LogP contribution in [0.25, 0.3) is 0 Å². The molecule has 0 radical (unpaired) electrons.